The Labute approximate surface area is 131 Å². The van der Waals surface area contributed by atoms with Gasteiger partial charge in [0, 0.05) is 38.8 Å². The number of furan rings is 1. The van der Waals surface area contributed by atoms with E-state index in [0.717, 1.165) is 19.6 Å². The van der Waals surface area contributed by atoms with Crippen molar-refractivity contribution in [2.24, 2.45) is 0 Å². The van der Waals surface area contributed by atoms with Crippen LogP contribution in [-0.4, -0.2) is 65.7 Å². The van der Waals surface area contributed by atoms with Gasteiger partial charge in [-0.05, 0) is 31.9 Å². The SMILES string of the molecule is CC1CN(C(C(=O)N2CCC(O)CC2)c2ccco2)CCN1. The maximum atomic E-state index is 13.0. The highest BCUT2D eigenvalue weighted by Gasteiger charge is 2.36. The number of nitrogens with zero attached hydrogens (tertiary/aromatic N) is 2. The van der Waals surface area contributed by atoms with E-state index in [4.69, 9.17) is 4.42 Å². The van der Waals surface area contributed by atoms with E-state index in [1.807, 2.05) is 17.0 Å². The summed E-state index contributed by atoms with van der Waals surface area (Å²) in [5.41, 5.74) is 0. The molecule has 0 spiro atoms. The first kappa shape index (κ1) is 15.5. The summed E-state index contributed by atoms with van der Waals surface area (Å²) in [6.07, 6.45) is 2.68. The Morgan fingerprint density at radius 3 is 2.82 bits per heavy atom. The van der Waals surface area contributed by atoms with E-state index in [-0.39, 0.29) is 18.1 Å². The molecule has 2 fully saturated rings. The minimum Gasteiger partial charge on any atom is -0.467 e. The molecule has 122 valence electrons. The molecule has 1 aromatic heterocycles. The van der Waals surface area contributed by atoms with Crippen LogP contribution in [0.4, 0.5) is 0 Å². The molecule has 6 nitrogen and oxygen atoms in total. The lowest BCUT2D eigenvalue weighted by molar-refractivity contribution is -0.140. The quantitative estimate of drug-likeness (QED) is 0.856. The molecule has 2 unspecified atom stereocenters. The highest BCUT2D eigenvalue weighted by atomic mass is 16.3. The van der Waals surface area contributed by atoms with Gasteiger partial charge in [0.15, 0.2) is 0 Å². The summed E-state index contributed by atoms with van der Waals surface area (Å²) >= 11 is 0. The molecule has 0 saturated carbocycles. The second-order valence-corrected chi connectivity index (χ2v) is 6.32. The molecule has 2 N–H and O–H groups in total. The summed E-state index contributed by atoms with van der Waals surface area (Å²) in [7, 11) is 0. The van der Waals surface area contributed by atoms with Crippen molar-refractivity contribution in [2.75, 3.05) is 32.7 Å². The van der Waals surface area contributed by atoms with E-state index < -0.39 is 0 Å². The lowest BCUT2D eigenvalue weighted by Gasteiger charge is -2.39. The summed E-state index contributed by atoms with van der Waals surface area (Å²) in [6.45, 7) is 5.92. The number of piperidine rings is 1. The standard InChI is InChI=1S/C16H25N3O3/c1-12-11-19(9-6-17-12)15(14-3-2-10-22-14)16(21)18-7-4-13(20)5-8-18/h2-3,10,12-13,15,17,20H,4-9,11H2,1H3. The Hall–Kier alpha value is -1.37. The van der Waals surface area contributed by atoms with Crippen molar-refractivity contribution in [3.05, 3.63) is 24.2 Å². The molecule has 2 saturated heterocycles. The summed E-state index contributed by atoms with van der Waals surface area (Å²) in [5.74, 6) is 0.807. The lowest BCUT2D eigenvalue weighted by Crippen LogP contribution is -2.54. The molecule has 0 aliphatic carbocycles. The number of nitrogens with one attached hydrogen (secondary N) is 1. The van der Waals surface area contributed by atoms with Gasteiger partial charge in [0.1, 0.15) is 11.8 Å². The molecular weight excluding hydrogens is 282 g/mol. The number of carbonyl (C=O) groups excluding carboxylic acids is 1. The van der Waals surface area contributed by atoms with E-state index in [1.54, 1.807) is 6.26 Å². The van der Waals surface area contributed by atoms with Crippen molar-refractivity contribution in [3.63, 3.8) is 0 Å². The molecular formula is C16H25N3O3. The highest BCUT2D eigenvalue weighted by molar-refractivity contribution is 5.82. The Bertz CT molecular complexity index is 483. The topological polar surface area (TPSA) is 69.0 Å². The Balaban J connectivity index is 1.77. The number of aliphatic hydroxyl groups excluding tert-OH is 1. The van der Waals surface area contributed by atoms with Crippen LogP contribution in [0.2, 0.25) is 0 Å². The minimum atomic E-state index is -0.352. The van der Waals surface area contributed by atoms with Crippen molar-refractivity contribution < 1.29 is 14.3 Å². The number of rotatable bonds is 3. The van der Waals surface area contributed by atoms with Crippen LogP contribution in [-0.2, 0) is 4.79 Å². The fourth-order valence-electron chi connectivity index (χ4n) is 3.36. The molecule has 3 heterocycles. The summed E-state index contributed by atoms with van der Waals surface area (Å²) in [4.78, 5) is 17.1. The van der Waals surface area contributed by atoms with Gasteiger partial charge in [-0.15, -0.1) is 0 Å². The van der Waals surface area contributed by atoms with Gasteiger partial charge >= 0.3 is 0 Å². The molecule has 22 heavy (non-hydrogen) atoms. The molecule has 6 heteroatoms. The molecule has 0 radical (unpaired) electrons. The molecule has 2 atom stereocenters. The van der Waals surface area contributed by atoms with Crippen LogP contribution >= 0.6 is 0 Å². The molecule has 3 rings (SSSR count). The van der Waals surface area contributed by atoms with Crippen molar-refractivity contribution in [3.8, 4) is 0 Å². The Morgan fingerprint density at radius 2 is 2.18 bits per heavy atom. The van der Waals surface area contributed by atoms with Crippen LogP contribution in [0.25, 0.3) is 0 Å². The van der Waals surface area contributed by atoms with Crippen LogP contribution in [0.5, 0.6) is 0 Å². The normalized spacial score (nSPS) is 26.1. The first-order valence-electron chi connectivity index (χ1n) is 8.13. The van der Waals surface area contributed by atoms with Crippen LogP contribution in [0.3, 0.4) is 0 Å². The molecule has 1 amide bonds. The van der Waals surface area contributed by atoms with Gasteiger partial charge in [-0.2, -0.15) is 0 Å². The third-order valence-corrected chi connectivity index (χ3v) is 4.59. The third-order valence-electron chi connectivity index (χ3n) is 4.59. The van der Waals surface area contributed by atoms with Crippen molar-refractivity contribution in [1.29, 1.82) is 0 Å². The fraction of sp³-hybridized carbons (Fsp3) is 0.688. The zero-order chi connectivity index (χ0) is 15.5. The smallest absolute Gasteiger partial charge is 0.247 e. The highest BCUT2D eigenvalue weighted by Crippen LogP contribution is 2.26. The number of amides is 1. The van der Waals surface area contributed by atoms with Gasteiger partial charge < -0.3 is 19.7 Å². The number of piperazine rings is 1. The lowest BCUT2D eigenvalue weighted by atomic mass is 10.0. The van der Waals surface area contributed by atoms with E-state index in [2.05, 4.69) is 17.1 Å². The number of hydrogen-bond acceptors (Lipinski definition) is 5. The van der Waals surface area contributed by atoms with Gasteiger partial charge in [0.2, 0.25) is 5.91 Å². The first-order chi connectivity index (χ1) is 10.6. The maximum absolute atomic E-state index is 13.0. The van der Waals surface area contributed by atoms with Crippen LogP contribution < -0.4 is 5.32 Å². The molecule has 2 aliphatic rings. The number of hydrogen-bond donors (Lipinski definition) is 2. The zero-order valence-electron chi connectivity index (χ0n) is 13.1. The van der Waals surface area contributed by atoms with Gasteiger partial charge in [-0.1, -0.05) is 0 Å². The van der Waals surface area contributed by atoms with Gasteiger partial charge in [0.25, 0.3) is 0 Å². The number of aliphatic hydroxyl groups is 1. The summed E-state index contributed by atoms with van der Waals surface area (Å²) < 4.78 is 5.56. The van der Waals surface area contributed by atoms with Crippen molar-refractivity contribution in [1.82, 2.24) is 15.1 Å². The molecule has 2 aliphatic heterocycles. The second kappa shape index (κ2) is 6.81. The van der Waals surface area contributed by atoms with Crippen LogP contribution in [0.15, 0.2) is 22.8 Å². The minimum absolute atomic E-state index is 0.0935. The van der Waals surface area contributed by atoms with E-state index in [1.165, 1.54) is 0 Å². The monoisotopic (exact) mass is 307 g/mol. The van der Waals surface area contributed by atoms with Gasteiger partial charge in [-0.3, -0.25) is 9.69 Å². The van der Waals surface area contributed by atoms with Crippen molar-refractivity contribution >= 4 is 5.91 Å². The number of carbonyl (C=O) groups is 1. The van der Waals surface area contributed by atoms with Gasteiger partial charge in [-0.25, -0.2) is 0 Å². The molecule has 0 aromatic carbocycles. The van der Waals surface area contributed by atoms with E-state index >= 15 is 0 Å². The van der Waals surface area contributed by atoms with E-state index in [9.17, 15) is 9.90 Å². The van der Waals surface area contributed by atoms with Crippen LogP contribution in [0, 0.1) is 0 Å². The zero-order valence-corrected chi connectivity index (χ0v) is 13.1. The first-order valence-corrected chi connectivity index (χ1v) is 8.13. The average Bonchev–Trinajstić information content (AvgIpc) is 3.02. The van der Waals surface area contributed by atoms with Crippen LogP contribution in [0.1, 0.15) is 31.6 Å². The average molecular weight is 307 g/mol. The van der Waals surface area contributed by atoms with Crippen molar-refractivity contribution in [2.45, 2.75) is 38.0 Å². The van der Waals surface area contributed by atoms with E-state index in [0.29, 0.717) is 37.7 Å². The predicted octanol–water partition coefficient (Wildman–Crippen LogP) is 0.598. The summed E-state index contributed by atoms with van der Waals surface area (Å²) in [6, 6.07) is 3.73. The summed E-state index contributed by atoms with van der Waals surface area (Å²) in [5, 5.41) is 13.0. The maximum Gasteiger partial charge on any atom is 0.247 e. The Morgan fingerprint density at radius 1 is 1.41 bits per heavy atom. The number of likely N-dealkylation sites (tertiary alicyclic amines) is 1. The van der Waals surface area contributed by atoms with Gasteiger partial charge in [0.05, 0.1) is 12.4 Å². The Kier molecular flexibility index (Phi) is 4.81. The predicted molar refractivity (Wildman–Crippen MR) is 82.3 cm³/mol. The second-order valence-electron chi connectivity index (χ2n) is 6.32. The largest absolute Gasteiger partial charge is 0.467 e. The molecule has 1 aromatic rings. The molecule has 0 bridgehead atoms. The fourth-order valence-corrected chi connectivity index (χ4v) is 3.36. The third kappa shape index (κ3) is 3.34.